The van der Waals surface area contributed by atoms with Crippen LogP contribution in [0.4, 0.5) is 0 Å². The molecule has 0 aliphatic heterocycles. The Labute approximate surface area is 158 Å². The molecule has 1 aromatic heterocycles. The lowest BCUT2D eigenvalue weighted by atomic mass is 10.2. The minimum absolute atomic E-state index is 0.0131. The molecule has 0 aliphatic rings. The first-order valence-electron chi connectivity index (χ1n) is 9.53. The Morgan fingerprint density at radius 3 is 2.50 bits per heavy atom. The first-order valence-corrected chi connectivity index (χ1v) is 9.53. The molecule has 6 nitrogen and oxygen atoms in total. The molecule has 26 heavy (non-hydrogen) atoms. The maximum Gasteiger partial charge on any atom is 0.242 e. The molecule has 2 amide bonds. The minimum Gasteiger partial charge on any atom is -0.383 e. The first kappa shape index (κ1) is 22.2. The monoisotopic (exact) mass is 365 g/mol. The fraction of sp³-hybridized carbons (Fsp3) is 0.700. The molecule has 0 atom stereocenters. The molecule has 0 bridgehead atoms. The number of rotatable bonds is 12. The number of aromatic nitrogens is 1. The van der Waals surface area contributed by atoms with Gasteiger partial charge in [-0.25, -0.2) is 0 Å². The van der Waals surface area contributed by atoms with Gasteiger partial charge in [-0.3, -0.25) is 9.59 Å². The van der Waals surface area contributed by atoms with E-state index < -0.39 is 0 Å². The molecular formula is C20H35N3O3. The third-order valence-electron chi connectivity index (χ3n) is 4.33. The molecule has 0 radical (unpaired) electrons. The number of unbranched alkanes of at least 4 members (excludes halogenated alkanes) is 1. The third-order valence-corrected chi connectivity index (χ3v) is 4.33. The van der Waals surface area contributed by atoms with Crippen LogP contribution in [0.15, 0.2) is 18.3 Å². The van der Waals surface area contributed by atoms with Gasteiger partial charge in [-0.1, -0.05) is 27.2 Å². The van der Waals surface area contributed by atoms with Crippen molar-refractivity contribution in [2.24, 2.45) is 13.0 Å². The summed E-state index contributed by atoms with van der Waals surface area (Å²) in [7, 11) is 3.59. The topological polar surface area (TPSA) is 54.8 Å². The maximum absolute atomic E-state index is 13.0. The average molecular weight is 366 g/mol. The van der Waals surface area contributed by atoms with Gasteiger partial charge >= 0.3 is 0 Å². The van der Waals surface area contributed by atoms with Crippen molar-refractivity contribution in [3.05, 3.63) is 24.0 Å². The Balaban J connectivity index is 2.81. The second kappa shape index (κ2) is 11.7. The number of nitrogens with zero attached hydrogens (tertiary/aromatic N) is 3. The lowest BCUT2D eigenvalue weighted by Crippen LogP contribution is -2.45. The van der Waals surface area contributed by atoms with Crippen LogP contribution in [0.5, 0.6) is 0 Å². The molecule has 0 saturated heterocycles. The predicted octanol–water partition coefficient (Wildman–Crippen LogP) is 2.67. The van der Waals surface area contributed by atoms with Crippen LogP contribution in [-0.2, 0) is 27.9 Å². The van der Waals surface area contributed by atoms with Crippen LogP contribution < -0.4 is 0 Å². The van der Waals surface area contributed by atoms with Gasteiger partial charge in [0.15, 0.2) is 0 Å². The van der Waals surface area contributed by atoms with E-state index in [-0.39, 0.29) is 18.4 Å². The summed E-state index contributed by atoms with van der Waals surface area (Å²) < 4.78 is 7.14. The van der Waals surface area contributed by atoms with Crippen LogP contribution >= 0.6 is 0 Å². The molecule has 1 aromatic rings. The van der Waals surface area contributed by atoms with Crippen molar-refractivity contribution >= 4 is 11.8 Å². The Hall–Kier alpha value is -1.82. The average Bonchev–Trinajstić information content (AvgIpc) is 3.00. The summed E-state index contributed by atoms with van der Waals surface area (Å²) in [6.45, 7) is 8.48. The summed E-state index contributed by atoms with van der Waals surface area (Å²) in [5.41, 5.74) is 1.08. The number of amides is 2. The molecule has 0 spiro atoms. The van der Waals surface area contributed by atoms with E-state index in [9.17, 15) is 9.59 Å². The fourth-order valence-electron chi connectivity index (χ4n) is 2.79. The quantitative estimate of drug-likeness (QED) is 0.572. The number of carbonyl (C=O) groups is 2. The van der Waals surface area contributed by atoms with Crippen LogP contribution in [0.25, 0.3) is 0 Å². The molecule has 0 N–H and O–H groups in total. The van der Waals surface area contributed by atoms with Crippen molar-refractivity contribution in [3.63, 3.8) is 0 Å². The van der Waals surface area contributed by atoms with Crippen LogP contribution in [0.3, 0.4) is 0 Å². The maximum atomic E-state index is 13.0. The second-order valence-corrected chi connectivity index (χ2v) is 7.19. The van der Waals surface area contributed by atoms with Crippen LogP contribution in [-0.4, -0.2) is 59.5 Å². The highest BCUT2D eigenvalue weighted by atomic mass is 16.5. The van der Waals surface area contributed by atoms with Gasteiger partial charge in [-0.15, -0.1) is 0 Å². The van der Waals surface area contributed by atoms with E-state index in [4.69, 9.17) is 4.74 Å². The van der Waals surface area contributed by atoms with Gasteiger partial charge in [0.1, 0.15) is 0 Å². The van der Waals surface area contributed by atoms with E-state index in [1.54, 1.807) is 12.0 Å². The van der Waals surface area contributed by atoms with E-state index in [1.807, 2.05) is 34.8 Å². The molecule has 0 unspecified atom stereocenters. The predicted molar refractivity (Wildman–Crippen MR) is 104 cm³/mol. The summed E-state index contributed by atoms with van der Waals surface area (Å²) in [5.74, 6) is 0.379. The SMILES string of the molecule is CCCCC(=O)N(CCOC)CC(=O)N(Cc1cccn1C)CC(C)C. The summed E-state index contributed by atoms with van der Waals surface area (Å²) in [6, 6.07) is 4.00. The number of carbonyl (C=O) groups excluding carboxylic acids is 2. The van der Waals surface area contributed by atoms with Gasteiger partial charge in [0.2, 0.25) is 11.8 Å². The molecule has 1 heterocycles. The van der Waals surface area contributed by atoms with Gasteiger partial charge in [-0.05, 0) is 24.5 Å². The van der Waals surface area contributed by atoms with Gasteiger partial charge < -0.3 is 19.1 Å². The largest absolute Gasteiger partial charge is 0.383 e. The smallest absolute Gasteiger partial charge is 0.242 e. The molecule has 0 aliphatic carbocycles. The number of hydrogen-bond acceptors (Lipinski definition) is 3. The third kappa shape index (κ3) is 7.60. The number of hydrogen-bond donors (Lipinski definition) is 0. The van der Waals surface area contributed by atoms with E-state index in [0.29, 0.717) is 38.6 Å². The second-order valence-electron chi connectivity index (χ2n) is 7.19. The van der Waals surface area contributed by atoms with Crippen molar-refractivity contribution in [3.8, 4) is 0 Å². The van der Waals surface area contributed by atoms with Crippen molar-refractivity contribution in [1.82, 2.24) is 14.4 Å². The zero-order valence-electron chi connectivity index (χ0n) is 17.0. The first-order chi connectivity index (χ1) is 12.4. The number of methoxy groups -OCH3 is 1. The Bertz CT molecular complexity index is 554. The fourth-order valence-corrected chi connectivity index (χ4v) is 2.79. The summed E-state index contributed by atoms with van der Waals surface area (Å²) in [5, 5.41) is 0. The van der Waals surface area contributed by atoms with E-state index in [0.717, 1.165) is 18.5 Å². The van der Waals surface area contributed by atoms with Gasteiger partial charge in [0.05, 0.1) is 19.7 Å². The normalized spacial score (nSPS) is 11.0. The highest BCUT2D eigenvalue weighted by Crippen LogP contribution is 2.10. The Morgan fingerprint density at radius 1 is 1.23 bits per heavy atom. The van der Waals surface area contributed by atoms with Crippen molar-refractivity contribution in [1.29, 1.82) is 0 Å². The molecule has 148 valence electrons. The highest BCUT2D eigenvalue weighted by molar-refractivity contribution is 5.84. The lowest BCUT2D eigenvalue weighted by molar-refractivity contribution is -0.141. The van der Waals surface area contributed by atoms with Crippen molar-refractivity contribution in [2.75, 3.05) is 33.4 Å². The summed E-state index contributed by atoms with van der Waals surface area (Å²) in [4.78, 5) is 28.9. The zero-order valence-corrected chi connectivity index (χ0v) is 17.0. The van der Waals surface area contributed by atoms with Gasteiger partial charge in [0.25, 0.3) is 0 Å². The summed E-state index contributed by atoms with van der Waals surface area (Å²) in [6.07, 6.45) is 4.27. The minimum atomic E-state index is -0.0131. The summed E-state index contributed by atoms with van der Waals surface area (Å²) >= 11 is 0. The van der Waals surface area contributed by atoms with Crippen LogP contribution in [0.1, 0.15) is 45.7 Å². The zero-order chi connectivity index (χ0) is 19.5. The molecule has 0 aromatic carbocycles. The molecule has 0 fully saturated rings. The van der Waals surface area contributed by atoms with Crippen molar-refractivity contribution in [2.45, 2.75) is 46.6 Å². The molecule has 0 saturated carbocycles. The van der Waals surface area contributed by atoms with E-state index in [1.165, 1.54) is 0 Å². The number of ether oxygens (including phenoxy) is 1. The Morgan fingerprint density at radius 2 is 1.96 bits per heavy atom. The van der Waals surface area contributed by atoms with E-state index in [2.05, 4.69) is 20.8 Å². The van der Waals surface area contributed by atoms with Gasteiger partial charge in [0, 0.05) is 45.6 Å². The standard InChI is InChI=1S/C20H35N3O3/c1-6-7-10-19(24)22(12-13-26-5)16-20(25)23(14-17(2)3)15-18-9-8-11-21(18)4/h8-9,11,17H,6-7,10,12-16H2,1-5H3. The van der Waals surface area contributed by atoms with Crippen LogP contribution in [0.2, 0.25) is 0 Å². The van der Waals surface area contributed by atoms with E-state index >= 15 is 0 Å². The number of aryl methyl sites for hydroxylation is 1. The van der Waals surface area contributed by atoms with Gasteiger partial charge in [-0.2, -0.15) is 0 Å². The highest BCUT2D eigenvalue weighted by Gasteiger charge is 2.22. The van der Waals surface area contributed by atoms with Crippen molar-refractivity contribution < 1.29 is 14.3 Å². The lowest BCUT2D eigenvalue weighted by Gasteiger charge is -2.29. The molecular weight excluding hydrogens is 330 g/mol. The Kier molecular flexibility index (Phi) is 10.0. The molecule has 6 heteroatoms. The van der Waals surface area contributed by atoms with Crippen LogP contribution in [0, 0.1) is 5.92 Å². The molecule has 1 rings (SSSR count).